The number of aromatic nitrogens is 1. The molecule has 8 heteroatoms. The smallest absolute Gasteiger partial charge is 0.250 e. The number of carbonyl (C=O) groups excluding carboxylic acids is 1. The van der Waals surface area contributed by atoms with Crippen molar-refractivity contribution in [2.75, 3.05) is 18.0 Å². The van der Waals surface area contributed by atoms with Crippen LogP contribution in [-0.2, 0) is 30.7 Å². The number of benzene rings is 2. The Morgan fingerprint density at radius 3 is 2.68 bits per heavy atom. The average molecular weight is 499 g/mol. The van der Waals surface area contributed by atoms with Crippen molar-refractivity contribution in [1.82, 2.24) is 9.47 Å². The monoisotopic (exact) mass is 498 g/mol. The van der Waals surface area contributed by atoms with Gasteiger partial charge in [0.2, 0.25) is 5.91 Å². The van der Waals surface area contributed by atoms with Crippen LogP contribution < -0.4 is 15.7 Å². The predicted molar refractivity (Wildman–Crippen MR) is 138 cm³/mol. The zero-order chi connectivity index (χ0) is 25.3. The Kier molecular flexibility index (Phi) is 5.25. The van der Waals surface area contributed by atoms with E-state index < -0.39 is 5.23 Å². The van der Waals surface area contributed by atoms with Gasteiger partial charge in [-0.3, -0.25) is 9.59 Å². The van der Waals surface area contributed by atoms with Crippen LogP contribution in [0.2, 0.25) is 0 Å². The van der Waals surface area contributed by atoms with Gasteiger partial charge in [0.25, 0.3) is 5.56 Å². The third-order valence-corrected chi connectivity index (χ3v) is 9.01. The Labute approximate surface area is 214 Å². The second-order valence-corrected chi connectivity index (χ2v) is 11.0. The third kappa shape index (κ3) is 3.62. The van der Waals surface area contributed by atoms with Gasteiger partial charge in [-0.25, -0.2) is 5.21 Å². The number of hydrogen-bond acceptors (Lipinski definition) is 5. The first-order valence-corrected chi connectivity index (χ1v) is 13.2. The van der Waals surface area contributed by atoms with Crippen LogP contribution in [-0.4, -0.2) is 39.7 Å². The summed E-state index contributed by atoms with van der Waals surface area (Å²) in [6.45, 7) is 2.63. The Hall–Kier alpha value is -3.46. The second-order valence-electron chi connectivity index (χ2n) is 11.0. The molecule has 7 rings (SSSR count). The van der Waals surface area contributed by atoms with Gasteiger partial charge in [0.1, 0.15) is 0 Å². The maximum atomic E-state index is 14.2. The highest BCUT2D eigenvalue weighted by Crippen LogP contribution is 2.48. The quantitative estimate of drug-likeness (QED) is 0.528. The lowest BCUT2D eigenvalue weighted by atomic mass is 9.69. The second kappa shape index (κ2) is 8.55. The summed E-state index contributed by atoms with van der Waals surface area (Å²) in [5, 5.41) is 20.4. The zero-order valence-electron chi connectivity index (χ0n) is 20.5. The first kappa shape index (κ1) is 22.7. The molecule has 5 atom stereocenters. The number of quaternary nitrogens is 1. The fourth-order valence-electron chi connectivity index (χ4n) is 7.39. The molecule has 1 saturated heterocycles. The molecule has 1 fully saturated rings. The number of pyridine rings is 1. The number of rotatable bonds is 2. The first-order valence-electron chi connectivity index (χ1n) is 13.2. The number of fused-ring (bicyclic) bond motifs is 9. The van der Waals surface area contributed by atoms with Crippen molar-refractivity contribution in [1.29, 1.82) is 0 Å². The van der Waals surface area contributed by atoms with Crippen LogP contribution >= 0.6 is 0 Å². The van der Waals surface area contributed by atoms with Gasteiger partial charge in [-0.2, -0.15) is 5.23 Å². The van der Waals surface area contributed by atoms with Crippen molar-refractivity contribution in [2.24, 2.45) is 11.8 Å². The molecule has 8 nitrogen and oxygen atoms in total. The van der Waals surface area contributed by atoms with Crippen LogP contribution in [0.5, 0.6) is 0 Å². The van der Waals surface area contributed by atoms with E-state index >= 15 is 0 Å². The minimum atomic E-state index is -0.954. The summed E-state index contributed by atoms with van der Waals surface area (Å²) in [4.78, 5) is 31.3. The van der Waals surface area contributed by atoms with Gasteiger partial charge in [0.15, 0.2) is 5.69 Å². The van der Waals surface area contributed by atoms with Crippen molar-refractivity contribution in [3.8, 4) is 0 Å². The van der Waals surface area contributed by atoms with E-state index in [0.29, 0.717) is 26.1 Å². The minimum Gasteiger partial charge on any atom is -0.595 e. The van der Waals surface area contributed by atoms with Crippen LogP contribution in [0.3, 0.4) is 0 Å². The van der Waals surface area contributed by atoms with Crippen LogP contribution in [0.1, 0.15) is 34.7 Å². The summed E-state index contributed by atoms with van der Waals surface area (Å²) in [6.07, 6.45) is 2.32. The largest absolute Gasteiger partial charge is 0.595 e. The first-order chi connectivity index (χ1) is 18.0. The van der Waals surface area contributed by atoms with E-state index in [9.17, 15) is 20.0 Å². The summed E-state index contributed by atoms with van der Waals surface area (Å²) in [6, 6.07) is 19.2. The molecule has 3 aromatic rings. The van der Waals surface area contributed by atoms with Crippen molar-refractivity contribution < 1.29 is 15.2 Å². The lowest BCUT2D eigenvalue weighted by molar-refractivity contribution is -0.991. The molecule has 37 heavy (non-hydrogen) atoms. The Morgan fingerprint density at radius 2 is 1.84 bits per heavy atom. The lowest BCUT2D eigenvalue weighted by Gasteiger charge is -2.54. The zero-order valence-corrected chi connectivity index (χ0v) is 20.5. The van der Waals surface area contributed by atoms with Gasteiger partial charge in [-0.05, 0) is 54.0 Å². The van der Waals surface area contributed by atoms with E-state index in [1.54, 1.807) is 18.2 Å². The van der Waals surface area contributed by atoms with E-state index in [0.717, 1.165) is 36.3 Å². The fraction of sp³-hybridized carbons (Fsp3) is 0.379. The van der Waals surface area contributed by atoms with Crippen LogP contribution in [0, 0.1) is 17.0 Å². The summed E-state index contributed by atoms with van der Waals surface area (Å²) in [5.74, 6) is 0.227. The minimum absolute atomic E-state index is 0.0237. The molecule has 3 unspecified atom stereocenters. The van der Waals surface area contributed by atoms with Crippen molar-refractivity contribution >= 4 is 17.3 Å². The van der Waals surface area contributed by atoms with Crippen molar-refractivity contribution in [3.05, 3.63) is 98.6 Å². The molecule has 1 amide bonds. The fourth-order valence-corrected chi connectivity index (χ4v) is 7.39. The van der Waals surface area contributed by atoms with E-state index in [1.807, 2.05) is 33.7 Å². The summed E-state index contributed by atoms with van der Waals surface area (Å²) >= 11 is 0. The number of hydrogen-bond donors (Lipinski definition) is 2. The van der Waals surface area contributed by atoms with Crippen LogP contribution in [0.25, 0.3) is 0 Å². The molecule has 0 radical (unpaired) electrons. The Morgan fingerprint density at radius 1 is 1.00 bits per heavy atom. The van der Waals surface area contributed by atoms with Crippen LogP contribution in [0.4, 0.5) is 11.4 Å². The molecule has 5 heterocycles. The van der Waals surface area contributed by atoms with Gasteiger partial charge < -0.3 is 19.6 Å². The number of nitrogens with zero attached hydrogens (tertiary/aromatic N) is 3. The van der Waals surface area contributed by atoms with Crippen LogP contribution in [0.15, 0.2) is 65.5 Å². The maximum Gasteiger partial charge on any atom is 0.250 e. The topological polar surface area (TPSA) is 93.3 Å². The standard InChI is InChI=1S/C29H30N4O4/c34-27-7-3-6-25-21-12-22(17-31(25)27)28-24(29(35)30-11-10-18-4-1-2-5-19(18)15-30)14-20-13-23(33(36)37)8-9-26(20)32(28)16-21/h1-9,13,21-22,24,28,33,36H,10-12,14-17H2/t21?,22?,24-,28+/m1/s1. The van der Waals surface area contributed by atoms with Gasteiger partial charge >= 0.3 is 0 Å². The predicted octanol–water partition coefficient (Wildman–Crippen LogP) is 2.00. The highest BCUT2D eigenvalue weighted by atomic mass is 16.8. The molecular weight excluding hydrogens is 468 g/mol. The lowest BCUT2D eigenvalue weighted by Crippen LogP contribution is -2.99. The molecule has 0 saturated carbocycles. The molecule has 4 aliphatic rings. The number of anilines is 1. The van der Waals surface area contributed by atoms with Crippen molar-refractivity contribution in [2.45, 2.75) is 44.3 Å². The summed E-state index contributed by atoms with van der Waals surface area (Å²) < 4.78 is 1.91. The number of amides is 1. The van der Waals surface area contributed by atoms with E-state index in [-0.39, 0.29) is 40.9 Å². The summed E-state index contributed by atoms with van der Waals surface area (Å²) in [5.41, 5.74) is 5.80. The highest BCUT2D eigenvalue weighted by molar-refractivity contribution is 5.83. The third-order valence-electron chi connectivity index (χ3n) is 9.01. The molecule has 2 aromatic carbocycles. The highest BCUT2D eigenvalue weighted by Gasteiger charge is 2.50. The Bertz CT molecular complexity index is 1450. The van der Waals surface area contributed by atoms with E-state index in [2.05, 4.69) is 23.1 Å². The van der Waals surface area contributed by atoms with E-state index in [1.165, 1.54) is 11.1 Å². The number of nitrogens with one attached hydrogen (secondary N) is 1. The molecule has 0 aliphatic carbocycles. The summed E-state index contributed by atoms with van der Waals surface area (Å²) in [7, 11) is 0. The molecule has 0 spiro atoms. The van der Waals surface area contributed by atoms with Gasteiger partial charge in [0, 0.05) is 67.7 Å². The molecule has 2 bridgehead atoms. The SMILES string of the molecule is O=C([C@@H]1Cc2cc([NH+]([O-])O)ccc2N2CC3CC(Cn4c3cccc4=O)[C@@H]12)N1CCc2ccccc2C1. The number of carbonyl (C=O) groups is 1. The van der Waals surface area contributed by atoms with Gasteiger partial charge in [-0.1, -0.05) is 30.3 Å². The molecule has 1 aromatic heterocycles. The number of piperidine rings is 1. The average Bonchev–Trinajstić information content (AvgIpc) is 2.92. The molecule has 4 aliphatic heterocycles. The van der Waals surface area contributed by atoms with Gasteiger partial charge in [-0.15, -0.1) is 0 Å². The molecule has 190 valence electrons. The Balaban J connectivity index is 1.29. The van der Waals surface area contributed by atoms with E-state index in [4.69, 9.17) is 0 Å². The maximum absolute atomic E-state index is 14.2. The van der Waals surface area contributed by atoms with Gasteiger partial charge in [0.05, 0.1) is 5.92 Å². The normalized spacial score (nSPS) is 26.4. The molecule has 2 N–H and O–H groups in total. The van der Waals surface area contributed by atoms with Crippen molar-refractivity contribution in [3.63, 3.8) is 0 Å². The molecular formula is C29H30N4O4.